The predicted octanol–water partition coefficient (Wildman–Crippen LogP) is 3.35. The van der Waals surface area contributed by atoms with Crippen LogP contribution in [0.1, 0.15) is 16.2 Å². The van der Waals surface area contributed by atoms with E-state index in [0.717, 1.165) is 4.47 Å². The highest BCUT2D eigenvalue weighted by Crippen LogP contribution is 2.29. The quantitative estimate of drug-likeness (QED) is 0.483. The van der Waals surface area contributed by atoms with Gasteiger partial charge in [0.1, 0.15) is 0 Å². The number of nitrogens with zero attached hydrogens (tertiary/aromatic N) is 2. The van der Waals surface area contributed by atoms with E-state index < -0.39 is 0 Å². The van der Waals surface area contributed by atoms with Gasteiger partial charge in [-0.05, 0) is 36.4 Å². The maximum atomic E-state index is 12.7. The lowest BCUT2D eigenvalue weighted by molar-refractivity contribution is 0.103. The Hall–Kier alpha value is -1.98. The second-order valence-electron chi connectivity index (χ2n) is 4.73. The largest absolute Gasteiger partial charge is 0.285 e. The Labute approximate surface area is 132 Å². The molecule has 1 aliphatic rings. The Morgan fingerprint density at radius 1 is 1.10 bits per heavy atom. The summed E-state index contributed by atoms with van der Waals surface area (Å²) in [7, 11) is 0. The molecule has 0 fully saturated rings. The monoisotopic (exact) mass is 360 g/mol. The molecule has 1 aliphatic heterocycles. The van der Waals surface area contributed by atoms with Crippen molar-refractivity contribution in [3.63, 3.8) is 0 Å². The summed E-state index contributed by atoms with van der Waals surface area (Å²) in [4.78, 5) is 29.4. The molecule has 1 aromatic heterocycles. The van der Waals surface area contributed by atoms with Gasteiger partial charge in [0.05, 0.1) is 22.2 Å². The first-order chi connectivity index (χ1) is 10.1. The van der Waals surface area contributed by atoms with Gasteiger partial charge in [-0.15, -0.1) is 0 Å². The fourth-order valence-corrected chi connectivity index (χ4v) is 3.07. The van der Waals surface area contributed by atoms with Crippen molar-refractivity contribution in [3.8, 4) is 5.69 Å². The summed E-state index contributed by atoms with van der Waals surface area (Å²) in [6.45, 7) is 0. The molecule has 0 aliphatic carbocycles. The van der Waals surface area contributed by atoms with Gasteiger partial charge < -0.3 is 0 Å². The Kier molecular flexibility index (Phi) is 2.58. The average Bonchev–Trinajstić information content (AvgIpc) is 2.73. The van der Waals surface area contributed by atoms with Crippen molar-refractivity contribution in [1.82, 2.24) is 9.55 Å². The number of carbonyl (C=O) groups is 1. The van der Waals surface area contributed by atoms with E-state index in [0.29, 0.717) is 27.2 Å². The van der Waals surface area contributed by atoms with Crippen molar-refractivity contribution in [2.24, 2.45) is 0 Å². The summed E-state index contributed by atoms with van der Waals surface area (Å²) in [5, 5.41) is 0.858. The minimum atomic E-state index is -0.285. The second-order valence-corrected chi connectivity index (χ2v) is 6.08. The maximum Gasteiger partial charge on any atom is 0.266 e. The van der Waals surface area contributed by atoms with Gasteiger partial charge in [0.2, 0.25) is 5.78 Å². The highest BCUT2D eigenvalue weighted by molar-refractivity contribution is 9.10. The lowest BCUT2D eigenvalue weighted by Gasteiger charge is -2.05. The van der Waals surface area contributed by atoms with Gasteiger partial charge in [0.15, 0.2) is 5.82 Å². The maximum absolute atomic E-state index is 12.7. The van der Waals surface area contributed by atoms with E-state index in [1.54, 1.807) is 36.4 Å². The molecule has 2 aromatic carbocycles. The molecular weight excluding hydrogens is 356 g/mol. The molecule has 0 spiro atoms. The van der Waals surface area contributed by atoms with Crippen molar-refractivity contribution in [2.45, 2.75) is 0 Å². The smallest absolute Gasteiger partial charge is 0.266 e. The first-order valence-corrected chi connectivity index (χ1v) is 7.30. The number of aromatic nitrogens is 2. The number of hydrogen-bond donors (Lipinski definition) is 0. The van der Waals surface area contributed by atoms with E-state index in [2.05, 4.69) is 20.9 Å². The molecule has 0 saturated heterocycles. The number of halogens is 2. The second kappa shape index (κ2) is 4.26. The fourth-order valence-electron chi connectivity index (χ4n) is 2.54. The third-order valence-electron chi connectivity index (χ3n) is 3.48. The molecule has 0 radical (unpaired) electrons. The van der Waals surface area contributed by atoms with Crippen LogP contribution in [0, 0.1) is 0 Å². The van der Waals surface area contributed by atoms with Crippen LogP contribution in [0.25, 0.3) is 16.6 Å². The molecule has 21 heavy (non-hydrogen) atoms. The number of fused-ring (bicyclic) bond motifs is 4. The number of hydrogen-bond acceptors (Lipinski definition) is 3. The van der Waals surface area contributed by atoms with Gasteiger partial charge in [0.25, 0.3) is 5.56 Å². The minimum absolute atomic E-state index is 0.142. The van der Waals surface area contributed by atoms with Crippen LogP contribution in [0.5, 0.6) is 0 Å². The molecule has 0 saturated carbocycles. The summed E-state index contributed by atoms with van der Waals surface area (Å²) in [5.41, 5.74) is 1.20. The molecule has 0 N–H and O–H groups in total. The number of benzene rings is 2. The molecule has 4 nitrogen and oxygen atoms in total. The lowest BCUT2D eigenvalue weighted by Crippen LogP contribution is -2.21. The Morgan fingerprint density at radius 3 is 2.71 bits per heavy atom. The zero-order valence-corrected chi connectivity index (χ0v) is 12.8. The molecule has 4 rings (SSSR count). The van der Waals surface area contributed by atoms with E-state index in [-0.39, 0.29) is 17.2 Å². The van der Waals surface area contributed by atoms with Crippen LogP contribution in [-0.4, -0.2) is 15.3 Å². The van der Waals surface area contributed by atoms with E-state index >= 15 is 0 Å². The predicted molar refractivity (Wildman–Crippen MR) is 83.5 cm³/mol. The van der Waals surface area contributed by atoms with Crippen molar-refractivity contribution in [3.05, 3.63) is 67.6 Å². The Bertz CT molecular complexity index is 1010. The standard InChI is InChI=1S/C15H6BrClN2O2/c16-7-1-4-12-10(5-7)13(20)14-18-11-3-2-8(17)6-9(11)15(21)19(12)14/h1-6H. The highest BCUT2D eigenvalue weighted by atomic mass is 79.9. The van der Waals surface area contributed by atoms with Crippen LogP contribution in [0.15, 0.2) is 45.7 Å². The van der Waals surface area contributed by atoms with E-state index in [1.165, 1.54) is 4.57 Å². The van der Waals surface area contributed by atoms with E-state index in [9.17, 15) is 9.59 Å². The fraction of sp³-hybridized carbons (Fsp3) is 0. The van der Waals surface area contributed by atoms with Crippen molar-refractivity contribution < 1.29 is 4.79 Å². The van der Waals surface area contributed by atoms with Crippen LogP contribution in [0.3, 0.4) is 0 Å². The topological polar surface area (TPSA) is 52.0 Å². The first kappa shape index (κ1) is 12.7. The number of rotatable bonds is 0. The summed E-state index contributed by atoms with van der Waals surface area (Å²) in [6, 6.07) is 10.1. The molecule has 102 valence electrons. The average molecular weight is 362 g/mol. The van der Waals surface area contributed by atoms with E-state index in [1.807, 2.05) is 0 Å². The third kappa shape index (κ3) is 1.71. The van der Waals surface area contributed by atoms with Crippen molar-refractivity contribution in [2.75, 3.05) is 0 Å². The van der Waals surface area contributed by atoms with Crippen LogP contribution in [0.4, 0.5) is 0 Å². The normalized spacial score (nSPS) is 12.6. The lowest BCUT2D eigenvalue weighted by atomic mass is 10.1. The molecule has 6 heteroatoms. The summed E-state index contributed by atoms with van der Waals surface area (Å²) < 4.78 is 2.13. The third-order valence-corrected chi connectivity index (χ3v) is 4.21. The summed E-state index contributed by atoms with van der Waals surface area (Å²) in [6.07, 6.45) is 0. The summed E-state index contributed by atoms with van der Waals surface area (Å²) >= 11 is 9.27. The van der Waals surface area contributed by atoms with Gasteiger partial charge in [-0.3, -0.25) is 14.2 Å². The van der Waals surface area contributed by atoms with Gasteiger partial charge in [-0.2, -0.15) is 0 Å². The van der Waals surface area contributed by atoms with Crippen LogP contribution >= 0.6 is 27.5 Å². The van der Waals surface area contributed by atoms with Crippen LogP contribution < -0.4 is 5.56 Å². The van der Waals surface area contributed by atoms with Crippen LogP contribution in [0.2, 0.25) is 5.02 Å². The van der Waals surface area contributed by atoms with Gasteiger partial charge in [0, 0.05) is 9.50 Å². The van der Waals surface area contributed by atoms with Gasteiger partial charge in [-0.1, -0.05) is 27.5 Å². The molecule has 3 aromatic rings. The SMILES string of the molecule is O=C1c2cc(Br)ccc2-n2c1nc1ccc(Cl)cc1c2=O. The molecule has 2 heterocycles. The van der Waals surface area contributed by atoms with Gasteiger partial charge >= 0.3 is 0 Å². The van der Waals surface area contributed by atoms with Crippen molar-refractivity contribution >= 4 is 44.2 Å². The van der Waals surface area contributed by atoms with Gasteiger partial charge in [-0.25, -0.2) is 4.98 Å². The molecule has 0 atom stereocenters. The zero-order valence-electron chi connectivity index (χ0n) is 10.4. The molecule has 0 unspecified atom stereocenters. The molecule has 0 amide bonds. The number of carbonyl (C=O) groups excluding carboxylic acids is 1. The Morgan fingerprint density at radius 2 is 1.90 bits per heavy atom. The first-order valence-electron chi connectivity index (χ1n) is 6.13. The zero-order chi connectivity index (χ0) is 14.7. The van der Waals surface area contributed by atoms with Crippen LogP contribution in [-0.2, 0) is 0 Å². The molecule has 0 bridgehead atoms. The Balaban J connectivity index is 2.18. The van der Waals surface area contributed by atoms with Crippen molar-refractivity contribution in [1.29, 1.82) is 0 Å². The number of ketones is 1. The highest BCUT2D eigenvalue weighted by Gasteiger charge is 2.30. The molecular formula is C15H6BrClN2O2. The summed E-state index contributed by atoms with van der Waals surface area (Å²) in [5.74, 6) is -0.108. The minimum Gasteiger partial charge on any atom is -0.285 e. The van der Waals surface area contributed by atoms with E-state index in [4.69, 9.17) is 11.6 Å².